The number of hydrogen-bond donors (Lipinski definition) is 2. The second-order valence-corrected chi connectivity index (χ2v) is 5.29. The summed E-state index contributed by atoms with van der Waals surface area (Å²) in [6.07, 6.45) is -0.169. The number of nitrogens with zero attached hydrogens (tertiary/aromatic N) is 1. The number of aryl methyl sites for hydroxylation is 1. The maximum atomic E-state index is 13.9. The first-order valence-corrected chi connectivity index (χ1v) is 6.45. The molecule has 0 amide bonds. The predicted octanol–water partition coefficient (Wildman–Crippen LogP) is 2.15. The highest BCUT2D eigenvalue weighted by Gasteiger charge is 2.41. The van der Waals surface area contributed by atoms with Gasteiger partial charge in [0.15, 0.2) is 11.6 Å². The lowest BCUT2D eigenvalue weighted by atomic mass is 10.0. The molecule has 2 atom stereocenters. The summed E-state index contributed by atoms with van der Waals surface area (Å²) >= 11 is 0. The number of pyridine rings is 1. The molecule has 0 aliphatic heterocycles. The van der Waals surface area contributed by atoms with E-state index in [1.54, 1.807) is 0 Å². The van der Waals surface area contributed by atoms with Crippen molar-refractivity contribution in [1.82, 2.24) is 4.57 Å². The Morgan fingerprint density at radius 3 is 2.50 bits per heavy atom. The van der Waals surface area contributed by atoms with Crippen LogP contribution in [-0.4, -0.2) is 21.8 Å². The molecule has 1 aromatic heterocycles. The molecule has 1 saturated carbocycles. The average molecular weight is 312 g/mol. The third kappa shape index (κ3) is 1.79. The summed E-state index contributed by atoms with van der Waals surface area (Å²) in [5.74, 6) is -4.19. The van der Waals surface area contributed by atoms with Gasteiger partial charge in [0.05, 0.1) is 22.6 Å². The Labute approximate surface area is 121 Å². The summed E-state index contributed by atoms with van der Waals surface area (Å²) in [5.41, 5.74) is 2.73. The Hall–Kier alpha value is -2.51. The molecule has 2 aromatic rings. The quantitative estimate of drug-likeness (QED) is 0.832. The number of alkyl halides is 1. The van der Waals surface area contributed by atoms with Gasteiger partial charge in [-0.3, -0.25) is 4.79 Å². The molecule has 3 N–H and O–H groups in total. The lowest BCUT2D eigenvalue weighted by Gasteiger charge is -2.16. The summed E-state index contributed by atoms with van der Waals surface area (Å²) < 4.78 is 42.2. The number of halogens is 3. The average Bonchev–Trinajstić information content (AvgIpc) is 3.18. The summed E-state index contributed by atoms with van der Waals surface area (Å²) in [6.45, 7) is 1.23. The number of hydrogen-bond acceptors (Lipinski definition) is 3. The SMILES string of the molecule is Cc1c(F)c(F)c(N)c2c(=O)c(C(=O)O)cn([C@@H]3CC3F)c12. The van der Waals surface area contributed by atoms with Crippen LogP contribution in [0.4, 0.5) is 18.9 Å². The van der Waals surface area contributed by atoms with Crippen molar-refractivity contribution in [2.45, 2.75) is 25.6 Å². The zero-order chi connectivity index (χ0) is 16.3. The van der Waals surface area contributed by atoms with Crippen molar-refractivity contribution in [3.63, 3.8) is 0 Å². The van der Waals surface area contributed by atoms with Crippen LogP contribution in [0.15, 0.2) is 11.0 Å². The van der Waals surface area contributed by atoms with Crippen LogP contribution in [0.2, 0.25) is 0 Å². The zero-order valence-corrected chi connectivity index (χ0v) is 11.4. The third-order valence-electron chi connectivity index (χ3n) is 3.89. The Kier molecular flexibility index (Phi) is 2.95. The van der Waals surface area contributed by atoms with Crippen molar-refractivity contribution in [1.29, 1.82) is 0 Å². The fourth-order valence-corrected chi connectivity index (χ4v) is 2.62. The van der Waals surface area contributed by atoms with Crippen molar-refractivity contribution in [2.24, 2.45) is 0 Å². The summed E-state index contributed by atoms with van der Waals surface area (Å²) in [4.78, 5) is 23.4. The van der Waals surface area contributed by atoms with Crippen LogP contribution in [0.5, 0.6) is 0 Å². The van der Waals surface area contributed by atoms with Gasteiger partial charge in [0, 0.05) is 18.2 Å². The standard InChI is InChI=1S/C14H11F3N2O3/c1-4-9(16)10(17)11(18)8-12(4)19(7-2-6(7)15)3-5(13(8)20)14(21)22/h3,6-7H,2,18H2,1H3,(H,21,22)/t6?,7-/m1/s1. The van der Waals surface area contributed by atoms with Gasteiger partial charge >= 0.3 is 5.97 Å². The maximum Gasteiger partial charge on any atom is 0.341 e. The number of carboxylic acids is 1. The van der Waals surface area contributed by atoms with Crippen LogP contribution in [0.25, 0.3) is 10.9 Å². The molecule has 1 fully saturated rings. The van der Waals surface area contributed by atoms with E-state index in [0.717, 1.165) is 6.20 Å². The van der Waals surface area contributed by atoms with Gasteiger partial charge in [-0.05, 0) is 6.92 Å². The van der Waals surface area contributed by atoms with Crippen molar-refractivity contribution >= 4 is 22.6 Å². The summed E-state index contributed by atoms with van der Waals surface area (Å²) in [6, 6.07) is -0.718. The molecule has 8 heteroatoms. The summed E-state index contributed by atoms with van der Waals surface area (Å²) in [7, 11) is 0. The number of benzene rings is 1. The number of rotatable bonds is 2. The Morgan fingerprint density at radius 2 is 2.00 bits per heavy atom. The van der Waals surface area contributed by atoms with E-state index in [9.17, 15) is 22.8 Å². The van der Waals surface area contributed by atoms with E-state index in [2.05, 4.69) is 0 Å². The number of carboxylic acid groups (broad SMARTS) is 1. The number of aromatic nitrogens is 1. The molecule has 3 rings (SSSR count). The van der Waals surface area contributed by atoms with E-state index in [-0.39, 0.29) is 17.5 Å². The molecular formula is C14H11F3N2O3. The molecule has 0 spiro atoms. The largest absolute Gasteiger partial charge is 0.477 e. The molecule has 116 valence electrons. The van der Waals surface area contributed by atoms with Gasteiger partial charge in [-0.2, -0.15) is 0 Å². The van der Waals surface area contributed by atoms with Crippen LogP contribution in [0.3, 0.4) is 0 Å². The molecule has 1 aliphatic carbocycles. The molecule has 1 unspecified atom stereocenters. The number of nitrogen functional groups attached to an aromatic ring is 1. The fraction of sp³-hybridized carbons (Fsp3) is 0.286. The van der Waals surface area contributed by atoms with E-state index in [4.69, 9.17) is 10.8 Å². The van der Waals surface area contributed by atoms with E-state index < -0.39 is 51.9 Å². The molecule has 0 radical (unpaired) electrons. The lowest BCUT2D eigenvalue weighted by Crippen LogP contribution is -2.21. The Bertz CT molecular complexity index is 892. The zero-order valence-electron chi connectivity index (χ0n) is 11.4. The smallest absolute Gasteiger partial charge is 0.341 e. The Morgan fingerprint density at radius 1 is 1.41 bits per heavy atom. The number of carbonyl (C=O) groups is 1. The number of aromatic carboxylic acids is 1. The minimum atomic E-state index is -1.54. The van der Waals surface area contributed by atoms with Crippen LogP contribution in [-0.2, 0) is 0 Å². The van der Waals surface area contributed by atoms with Gasteiger partial charge in [-0.15, -0.1) is 0 Å². The van der Waals surface area contributed by atoms with Crippen molar-refractivity contribution < 1.29 is 23.1 Å². The number of nitrogens with two attached hydrogens (primary N) is 1. The normalized spacial score (nSPS) is 20.4. The second kappa shape index (κ2) is 4.49. The van der Waals surface area contributed by atoms with E-state index in [1.807, 2.05) is 0 Å². The van der Waals surface area contributed by atoms with Gasteiger partial charge < -0.3 is 15.4 Å². The van der Waals surface area contributed by atoms with Gasteiger partial charge in [-0.1, -0.05) is 0 Å². The molecule has 1 heterocycles. The molecule has 1 aliphatic rings. The molecule has 1 aromatic carbocycles. The van der Waals surface area contributed by atoms with Crippen molar-refractivity contribution in [3.05, 3.63) is 39.2 Å². The Balaban J connectivity index is 2.56. The first-order chi connectivity index (χ1) is 10.3. The van der Waals surface area contributed by atoms with Gasteiger partial charge in [0.1, 0.15) is 11.7 Å². The highest BCUT2D eigenvalue weighted by molar-refractivity contribution is 5.98. The van der Waals surface area contributed by atoms with Gasteiger partial charge in [0.25, 0.3) is 0 Å². The minimum absolute atomic E-state index is 0.0726. The molecular weight excluding hydrogens is 301 g/mol. The predicted molar refractivity (Wildman–Crippen MR) is 72.8 cm³/mol. The number of fused-ring (bicyclic) bond motifs is 1. The van der Waals surface area contributed by atoms with E-state index in [0.29, 0.717) is 0 Å². The van der Waals surface area contributed by atoms with E-state index >= 15 is 0 Å². The highest BCUT2D eigenvalue weighted by atomic mass is 19.2. The van der Waals surface area contributed by atoms with Crippen LogP contribution in [0.1, 0.15) is 28.4 Å². The topological polar surface area (TPSA) is 85.3 Å². The summed E-state index contributed by atoms with van der Waals surface area (Å²) in [5, 5.41) is 8.65. The van der Waals surface area contributed by atoms with Crippen LogP contribution in [0, 0.1) is 18.6 Å². The molecule has 22 heavy (non-hydrogen) atoms. The van der Waals surface area contributed by atoms with Crippen LogP contribution >= 0.6 is 0 Å². The molecule has 0 saturated heterocycles. The monoisotopic (exact) mass is 312 g/mol. The molecule has 0 bridgehead atoms. The first kappa shape index (κ1) is 14.4. The van der Waals surface area contributed by atoms with Crippen molar-refractivity contribution in [2.75, 3.05) is 5.73 Å². The van der Waals surface area contributed by atoms with Crippen LogP contribution < -0.4 is 11.2 Å². The maximum absolute atomic E-state index is 13.9. The number of anilines is 1. The van der Waals surface area contributed by atoms with Gasteiger partial charge in [-0.25, -0.2) is 18.0 Å². The highest BCUT2D eigenvalue weighted by Crippen LogP contribution is 2.42. The first-order valence-electron chi connectivity index (χ1n) is 6.45. The second-order valence-electron chi connectivity index (χ2n) is 5.29. The fourth-order valence-electron chi connectivity index (χ4n) is 2.62. The van der Waals surface area contributed by atoms with E-state index in [1.165, 1.54) is 11.5 Å². The van der Waals surface area contributed by atoms with Gasteiger partial charge in [0.2, 0.25) is 5.43 Å². The third-order valence-corrected chi connectivity index (χ3v) is 3.89. The lowest BCUT2D eigenvalue weighted by molar-refractivity contribution is 0.0694. The van der Waals surface area contributed by atoms with Crippen molar-refractivity contribution in [3.8, 4) is 0 Å². The molecule has 5 nitrogen and oxygen atoms in total. The minimum Gasteiger partial charge on any atom is -0.477 e.